The van der Waals surface area contributed by atoms with Gasteiger partial charge in [0.2, 0.25) is 0 Å². The van der Waals surface area contributed by atoms with E-state index in [9.17, 15) is 4.79 Å². The summed E-state index contributed by atoms with van der Waals surface area (Å²) in [5.41, 5.74) is 0. The molecular weight excluding hydrogens is 254 g/mol. The Balaban J connectivity index is 1.67. The first-order valence-corrected chi connectivity index (χ1v) is 8.13. The fourth-order valence-electron chi connectivity index (χ4n) is 3.57. The van der Waals surface area contributed by atoms with Crippen molar-refractivity contribution in [1.82, 2.24) is 4.90 Å². The maximum Gasteiger partial charge on any atom is 0.305 e. The number of nitrogens with zero attached hydrogens (tertiary/aromatic N) is 1. The number of hydrogen-bond donors (Lipinski definition) is 1. The number of carbonyl (C=O) groups is 1. The highest BCUT2D eigenvalue weighted by atomic mass is 16.5. The minimum atomic E-state index is -0.771. The van der Waals surface area contributed by atoms with Crippen LogP contribution in [0.4, 0.5) is 0 Å². The molecule has 0 aromatic carbocycles. The molecule has 1 N–H and O–H groups in total. The molecule has 0 amide bonds. The highest BCUT2D eigenvalue weighted by Crippen LogP contribution is 2.33. The van der Waals surface area contributed by atoms with Gasteiger partial charge in [0.15, 0.2) is 0 Å². The van der Waals surface area contributed by atoms with Gasteiger partial charge in [-0.1, -0.05) is 13.8 Å². The van der Waals surface area contributed by atoms with Gasteiger partial charge in [-0.15, -0.1) is 0 Å². The predicted molar refractivity (Wildman–Crippen MR) is 78.8 cm³/mol. The van der Waals surface area contributed by atoms with Gasteiger partial charge >= 0.3 is 5.97 Å². The van der Waals surface area contributed by atoms with Gasteiger partial charge < -0.3 is 14.7 Å². The van der Waals surface area contributed by atoms with Crippen molar-refractivity contribution in [3.8, 4) is 0 Å². The Morgan fingerprint density at radius 3 is 2.45 bits per heavy atom. The van der Waals surface area contributed by atoms with E-state index in [1.54, 1.807) is 0 Å². The topological polar surface area (TPSA) is 49.8 Å². The molecule has 2 fully saturated rings. The molecule has 116 valence electrons. The van der Waals surface area contributed by atoms with Crippen molar-refractivity contribution in [3.05, 3.63) is 0 Å². The summed E-state index contributed by atoms with van der Waals surface area (Å²) in [6.45, 7) is 7.35. The molecule has 20 heavy (non-hydrogen) atoms. The molecule has 3 unspecified atom stereocenters. The molecule has 1 saturated heterocycles. The molecule has 3 atom stereocenters. The van der Waals surface area contributed by atoms with E-state index in [4.69, 9.17) is 9.84 Å². The van der Waals surface area contributed by atoms with Crippen molar-refractivity contribution in [2.45, 2.75) is 64.5 Å². The van der Waals surface area contributed by atoms with Crippen LogP contribution in [0.3, 0.4) is 0 Å². The summed E-state index contributed by atoms with van der Waals surface area (Å²) in [5, 5.41) is 8.61. The van der Waals surface area contributed by atoms with Crippen molar-refractivity contribution in [2.75, 3.05) is 19.7 Å². The summed E-state index contributed by atoms with van der Waals surface area (Å²) in [6, 6.07) is 0.765. The Morgan fingerprint density at radius 2 is 1.85 bits per heavy atom. The quantitative estimate of drug-likeness (QED) is 0.843. The van der Waals surface area contributed by atoms with Gasteiger partial charge in [0.25, 0.3) is 0 Å². The van der Waals surface area contributed by atoms with Crippen LogP contribution in [0, 0.1) is 11.8 Å². The van der Waals surface area contributed by atoms with Crippen LogP contribution in [0.1, 0.15) is 52.4 Å². The minimum Gasteiger partial charge on any atom is -0.481 e. The van der Waals surface area contributed by atoms with Crippen LogP contribution in [-0.4, -0.2) is 47.8 Å². The molecule has 0 bridgehead atoms. The average Bonchev–Trinajstić information content (AvgIpc) is 2.42. The van der Waals surface area contributed by atoms with Crippen LogP contribution >= 0.6 is 0 Å². The maximum atomic E-state index is 10.5. The minimum absolute atomic E-state index is 0.123. The molecule has 0 aromatic heterocycles. The number of aliphatic carboxylic acids is 1. The number of ether oxygens (including phenoxy) is 1. The fourth-order valence-corrected chi connectivity index (χ4v) is 3.57. The van der Waals surface area contributed by atoms with Gasteiger partial charge in [0.05, 0.1) is 19.1 Å². The SMILES string of the molecule is CC1CCC(N2CCC(OCCC(=O)O)CC2)CC1C. The van der Waals surface area contributed by atoms with E-state index >= 15 is 0 Å². The van der Waals surface area contributed by atoms with E-state index in [1.165, 1.54) is 19.3 Å². The monoisotopic (exact) mass is 283 g/mol. The highest BCUT2D eigenvalue weighted by Gasteiger charge is 2.31. The first-order valence-electron chi connectivity index (χ1n) is 8.13. The molecule has 0 aromatic rings. The lowest BCUT2D eigenvalue weighted by Crippen LogP contribution is -2.46. The molecule has 1 aliphatic heterocycles. The average molecular weight is 283 g/mol. The Morgan fingerprint density at radius 1 is 1.15 bits per heavy atom. The van der Waals surface area contributed by atoms with Crippen LogP contribution in [0.2, 0.25) is 0 Å². The molecular formula is C16H29NO3. The Labute approximate surface area is 122 Å². The van der Waals surface area contributed by atoms with Crippen LogP contribution in [0.5, 0.6) is 0 Å². The molecule has 1 aliphatic carbocycles. The van der Waals surface area contributed by atoms with Crippen molar-refractivity contribution in [1.29, 1.82) is 0 Å². The van der Waals surface area contributed by atoms with E-state index in [1.807, 2.05) is 0 Å². The molecule has 2 aliphatic rings. The van der Waals surface area contributed by atoms with Crippen molar-refractivity contribution in [2.24, 2.45) is 11.8 Å². The fraction of sp³-hybridized carbons (Fsp3) is 0.938. The van der Waals surface area contributed by atoms with Crippen molar-refractivity contribution in [3.63, 3.8) is 0 Å². The zero-order valence-corrected chi connectivity index (χ0v) is 12.9. The lowest BCUT2D eigenvalue weighted by molar-refractivity contribution is -0.139. The number of piperidine rings is 1. The van der Waals surface area contributed by atoms with Gasteiger partial charge in [-0.25, -0.2) is 0 Å². The Hall–Kier alpha value is -0.610. The second-order valence-corrected chi connectivity index (χ2v) is 6.67. The zero-order chi connectivity index (χ0) is 14.5. The molecule has 2 rings (SSSR count). The largest absolute Gasteiger partial charge is 0.481 e. The number of likely N-dealkylation sites (tertiary alicyclic amines) is 1. The smallest absolute Gasteiger partial charge is 0.305 e. The third kappa shape index (κ3) is 4.45. The number of hydrogen-bond acceptors (Lipinski definition) is 3. The number of carboxylic acid groups (broad SMARTS) is 1. The van der Waals surface area contributed by atoms with Gasteiger partial charge in [-0.3, -0.25) is 4.79 Å². The van der Waals surface area contributed by atoms with Crippen LogP contribution in [0.15, 0.2) is 0 Å². The lowest BCUT2D eigenvalue weighted by atomic mass is 9.78. The van der Waals surface area contributed by atoms with Gasteiger partial charge in [0.1, 0.15) is 0 Å². The maximum absolute atomic E-state index is 10.5. The molecule has 0 spiro atoms. The predicted octanol–water partition coefficient (Wildman–Crippen LogP) is 2.77. The van der Waals surface area contributed by atoms with Gasteiger partial charge in [-0.05, 0) is 43.9 Å². The third-order valence-corrected chi connectivity index (χ3v) is 5.23. The van der Waals surface area contributed by atoms with Crippen molar-refractivity contribution < 1.29 is 14.6 Å². The summed E-state index contributed by atoms with van der Waals surface area (Å²) in [6.07, 6.45) is 6.55. The molecule has 4 heteroatoms. The molecule has 0 radical (unpaired) electrons. The Bertz CT molecular complexity index is 313. The highest BCUT2D eigenvalue weighted by molar-refractivity contribution is 5.66. The zero-order valence-electron chi connectivity index (χ0n) is 12.9. The van der Waals surface area contributed by atoms with Crippen molar-refractivity contribution >= 4 is 5.97 Å². The molecule has 4 nitrogen and oxygen atoms in total. The summed E-state index contributed by atoms with van der Waals surface area (Å²) >= 11 is 0. The summed E-state index contributed by atoms with van der Waals surface area (Å²) in [5.74, 6) is 0.953. The van der Waals surface area contributed by atoms with Crippen LogP contribution < -0.4 is 0 Å². The summed E-state index contributed by atoms with van der Waals surface area (Å²) in [7, 11) is 0. The second-order valence-electron chi connectivity index (χ2n) is 6.67. The van der Waals surface area contributed by atoms with Crippen LogP contribution in [0.25, 0.3) is 0 Å². The lowest BCUT2D eigenvalue weighted by Gasteiger charge is -2.42. The van der Waals surface area contributed by atoms with Gasteiger partial charge in [0, 0.05) is 19.1 Å². The van der Waals surface area contributed by atoms with E-state index in [0.29, 0.717) is 6.61 Å². The second kappa shape index (κ2) is 7.41. The van der Waals surface area contributed by atoms with E-state index < -0.39 is 5.97 Å². The first kappa shape index (κ1) is 15.8. The normalized spacial score (nSPS) is 33.2. The van der Waals surface area contributed by atoms with E-state index in [0.717, 1.165) is 43.8 Å². The first-order chi connectivity index (χ1) is 9.56. The summed E-state index contributed by atoms with van der Waals surface area (Å²) < 4.78 is 5.66. The van der Waals surface area contributed by atoms with Crippen LogP contribution in [-0.2, 0) is 9.53 Å². The molecule has 1 heterocycles. The molecule has 1 saturated carbocycles. The number of carboxylic acids is 1. The van der Waals surface area contributed by atoms with E-state index in [2.05, 4.69) is 18.7 Å². The van der Waals surface area contributed by atoms with E-state index in [-0.39, 0.29) is 12.5 Å². The number of rotatable bonds is 5. The van der Waals surface area contributed by atoms with Gasteiger partial charge in [-0.2, -0.15) is 0 Å². The standard InChI is InChI=1S/C16H29NO3/c1-12-3-4-14(11-13(12)2)17-8-5-15(6-9-17)20-10-7-16(18)19/h12-15H,3-11H2,1-2H3,(H,18,19). The Kier molecular flexibility index (Phi) is 5.85. The summed E-state index contributed by atoms with van der Waals surface area (Å²) in [4.78, 5) is 13.1. The third-order valence-electron chi connectivity index (χ3n) is 5.23.